The summed E-state index contributed by atoms with van der Waals surface area (Å²) < 4.78 is 11.9. The second kappa shape index (κ2) is 8.44. The summed E-state index contributed by atoms with van der Waals surface area (Å²) in [5.74, 6) is -1.40. The number of aromatic nitrogens is 1. The Morgan fingerprint density at radius 3 is 2.63 bits per heavy atom. The molecule has 0 saturated carbocycles. The van der Waals surface area contributed by atoms with Crippen LogP contribution in [0.25, 0.3) is 10.9 Å². The van der Waals surface area contributed by atoms with Crippen LogP contribution in [0.15, 0.2) is 24.4 Å². The molecule has 0 spiro atoms. The van der Waals surface area contributed by atoms with Crippen molar-refractivity contribution in [2.24, 2.45) is 0 Å². The number of aliphatic hydroxyl groups is 1. The maximum absolute atomic E-state index is 12.4. The molecule has 0 aliphatic rings. The molecule has 1 heterocycles. The van der Waals surface area contributed by atoms with Crippen LogP contribution in [0.5, 0.6) is 5.75 Å². The number of hydrogen-bond acceptors (Lipinski definition) is 6. The van der Waals surface area contributed by atoms with Gasteiger partial charge in [0.2, 0.25) is 0 Å². The first kappa shape index (κ1) is 21.4. The minimum atomic E-state index is -2.68. The third-order valence-corrected chi connectivity index (χ3v) is 6.40. The summed E-state index contributed by atoms with van der Waals surface area (Å²) in [5, 5.41) is 31.4. The summed E-state index contributed by atoms with van der Waals surface area (Å²) in [6.07, 6.45) is 2.10. The lowest BCUT2D eigenvalue weighted by Crippen LogP contribution is -2.47. The molecule has 2 unspecified atom stereocenters. The monoisotopic (exact) mass is 397 g/mol. The lowest BCUT2D eigenvalue weighted by molar-refractivity contribution is -0.170. The molecule has 4 N–H and O–H groups in total. The maximum atomic E-state index is 12.4. The van der Waals surface area contributed by atoms with E-state index in [9.17, 15) is 24.8 Å². The number of hydroxylamine groups is 2. The van der Waals surface area contributed by atoms with Crippen molar-refractivity contribution in [3.05, 3.63) is 30.0 Å². The first-order valence-corrected chi connectivity index (χ1v) is 11.4. The number of aromatic amines is 1. The smallest absolute Gasteiger partial charge is 0.262 e. The third kappa shape index (κ3) is 5.11. The molecule has 0 fully saturated rings. The summed E-state index contributed by atoms with van der Waals surface area (Å²) in [4.78, 5) is 17.0. The number of likely N-dealkylation sites (N-methyl/N-ethyl adjacent to an activating group) is 1. The van der Waals surface area contributed by atoms with Gasteiger partial charge in [-0.05, 0) is 51.4 Å². The Kier molecular flexibility index (Phi) is 6.70. The Hall–Kier alpha value is -1.86. The van der Waals surface area contributed by atoms with Gasteiger partial charge in [0, 0.05) is 23.6 Å². The number of H-pyrrole nitrogens is 1. The number of phenolic OH excluding ortho intramolecular Hbond substituents is 1. The van der Waals surface area contributed by atoms with E-state index in [0.29, 0.717) is 16.9 Å². The van der Waals surface area contributed by atoms with Crippen LogP contribution in [0.3, 0.4) is 0 Å². The van der Waals surface area contributed by atoms with E-state index < -0.39 is 24.9 Å². The van der Waals surface area contributed by atoms with Crippen molar-refractivity contribution in [2.75, 3.05) is 33.5 Å². The molecule has 0 radical (unpaired) electrons. The molecule has 8 nitrogen and oxygen atoms in total. The number of rotatable bonds is 8. The van der Waals surface area contributed by atoms with Gasteiger partial charge < -0.3 is 19.8 Å². The number of amides is 1. The minimum absolute atomic E-state index is 0.0565. The SMILES string of the molecule is CC(C(=O)N(O)CCc1c[nH]c2cccc(O)c12)N(C)CC(O)P(C)(C)=O. The van der Waals surface area contributed by atoms with E-state index in [2.05, 4.69) is 4.98 Å². The van der Waals surface area contributed by atoms with Gasteiger partial charge in [-0.1, -0.05) is 6.07 Å². The fourth-order valence-electron chi connectivity index (χ4n) is 2.79. The van der Waals surface area contributed by atoms with Crippen molar-refractivity contribution in [3.63, 3.8) is 0 Å². The largest absolute Gasteiger partial charge is 0.507 e. The number of hydrogen-bond donors (Lipinski definition) is 4. The van der Waals surface area contributed by atoms with E-state index in [1.807, 2.05) is 6.07 Å². The van der Waals surface area contributed by atoms with Crippen molar-refractivity contribution in [3.8, 4) is 5.75 Å². The maximum Gasteiger partial charge on any atom is 0.262 e. The minimum Gasteiger partial charge on any atom is -0.507 e. The molecule has 2 rings (SSSR count). The van der Waals surface area contributed by atoms with Crippen LogP contribution in [0.4, 0.5) is 0 Å². The number of nitrogens with one attached hydrogen (secondary N) is 1. The van der Waals surface area contributed by atoms with E-state index in [4.69, 9.17) is 0 Å². The quantitative estimate of drug-likeness (QED) is 0.307. The molecule has 0 saturated heterocycles. The zero-order valence-electron chi connectivity index (χ0n) is 16.1. The molecule has 150 valence electrons. The Balaban J connectivity index is 1.97. The van der Waals surface area contributed by atoms with Gasteiger partial charge in [0.05, 0.1) is 12.6 Å². The molecule has 0 aliphatic carbocycles. The number of benzene rings is 1. The summed E-state index contributed by atoms with van der Waals surface area (Å²) in [5.41, 5.74) is 1.58. The normalized spacial score (nSPS) is 14.5. The first-order chi connectivity index (χ1) is 12.5. The van der Waals surface area contributed by atoms with E-state index in [1.165, 1.54) is 13.3 Å². The van der Waals surface area contributed by atoms with Crippen LogP contribution in [0.1, 0.15) is 12.5 Å². The fraction of sp³-hybridized carbons (Fsp3) is 0.500. The molecule has 1 aromatic carbocycles. The highest BCUT2D eigenvalue weighted by atomic mass is 31.2. The Morgan fingerprint density at radius 2 is 2.00 bits per heavy atom. The van der Waals surface area contributed by atoms with Crippen molar-refractivity contribution in [2.45, 2.75) is 25.2 Å². The van der Waals surface area contributed by atoms with Crippen LogP contribution in [0.2, 0.25) is 0 Å². The molecular weight excluding hydrogens is 369 g/mol. The Labute approximate surface area is 158 Å². The number of aromatic hydroxyl groups is 1. The van der Waals surface area contributed by atoms with Crippen molar-refractivity contribution < 1.29 is 24.8 Å². The Morgan fingerprint density at radius 1 is 1.33 bits per heavy atom. The number of carbonyl (C=O) groups is 1. The predicted octanol–water partition coefficient (Wildman–Crippen LogP) is 1.90. The summed E-state index contributed by atoms with van der Waals surface area (Å²) in [6.45, 7) is 4.73. The van der Waals surface area contributed by atoms with Gasteiger partial charge in [-0.2, -0.15) is 0 Å². The van der Waals surface area contributed by atoms with Crippen molar-refractivity contribution in [1.29, 1.82) is 0 Å². The molecule has 2 aromatic rings. The number of carbonyl (C=O) groups excluding carboxylic acids is 1. The molecule has 0 bridgehead atoms. The van der Waals surface area contributed by atoms with Crippen LogP contribution in [-0.2, 0) is 15.8 Å². The third-order valence-electron chi connectivity index (χ3n) is 4.80. The summed E-state index contributed by atoms with van der Waals surface area (Å²) >= 11 is 0. The van der Waals surface area contributed by atoms with E-state index in [1.54, 1.807) is 37.2 Å². The van der Waals surface area contributed by atoms with E-state index in [0.717, 1.165) is 11.1 Å². The lowest BCUT2D eigenvalue weighted by atomic mass is 10.1. The van der Waals surface area contributed by atoms with Gasteiger partial charge in [0.15, 0.2) is 0 Å². The summed E-state index contributed by atoms with van der Waals surface area (Å²) in [7, 11) is -1.05. The average molecular weight is 397 g/mol. The van der Waals surface area contributed by atoms with Gasteiger partial charge in [0.25, 0.3) is 5.91 Å². The van der Waals surface area contributed by atoms with Crippen LogP contribution in [-0.4, -0.2) is 81.6 Å². The van der Waals surface area contributed by atoms with Crippen LogP contribution >= 0.6 is 7.14 Å². The number of nitrogens with zero attached hydrogens (tertiary/aromatic N) is 2. The molecule has 27 heavy (non-hydrogen) atoms. The zero-order chi connectivity index (χ0) is 20.4. The van der Waals surface area contributed by atoms with Crippen molar-refractivity contribution >= 4 is 24.0 Å². The first-order valence-electron chi connectivity index (χ1n) is 8.73. The van der Waals surface area contributed by atoms with Crippen LogP contribution in [0, 0.1) is 0 Å². The Bertz CT molecular complexity index is 847. The highest BCUT2D eigenvalue weighted by molar-refractivity contribution is 7.62. The second-order valence-electron chi connectivity index (χ2n) is 7.26. The van der Waals surface area contributed by atoms with Crippen LogP contribution < -0.4 is 0 Å². The molecule has 9 heteroatoms. The number of phenols is 1. The van der Waals surface area contributed by atoms with E-state index >= 15 is 0 Å². The standard InChI is InChI=1S/C18H28N3O5P/c1-12(20(2)11-16(23)27(3,4)26)18(24)21(25)9-8-13-10-19-14-6-5-7-15(22)17(13)14/h5-7,10,12,16,19,22-23,25H,8-9,11H2,1-4H3. The van der Waals surface area contributed by atoms with Gasteiger partial charge >= 0.3 is 0 Å². The number of aliphatic hydroxyl groups excluding tert-OH is 1. The van der Waals surface area contributed by atoms with Gasteiger partial charge in [-0.3, -0.25) is 14.9 Å². The van der Waals surface area contributed by atoms with Gasteiger partial charge in [0.1, 0.15) is 18.7 Å². The highest BCUT2D eigenvalue weighted by Crippen LogP contribution is 2.41. The molecular formula is C18H28N3O5P. The fourth-order valence-corrected chi connectivity index (χ4v) is 3.44. The van der Waals surface area contributed by atoms with Gasteiger partial charge in [-0.15, -0.1) is 0 Å². The molecule has 0 aliphatic heterocycles. The zero-order valence-corrected chi connectivity index (χ0v) is 17.0. The lowest BCUT2D eigenvalue weighted by Gasteiger charge is -2.29. The molecule has 1 aromatic heterocycles. The number of fused-ring (bicyclic) bond motifs is 1. The highest BCUT2D eigenvalue weighted by Gasteiger charge is 2.28. The molecule has 1 amide bonds. The van der Waals surface area contributed by atoms with Crippen molar-refractivity contribution in [1.82, 2.24) is 14.9 Å². The average Bonchev–Trinajstić information content (AvgIpc) is 3.01. The topological polar surface area (TPSA) is 117 Å². The second-order valence-corrected chi connectivity index (χ2v) is 10.7. The van der Waals surface area contributed by atoms with Gasteiger partial charge in [-0.25, -0.2) is 5.06 Å². The summed E-state index contributed by atoms with van der Waals surface area (Å²) in [6, 6.07) is 4.47. The molecule has 2 atom stereocenters. The predicted molar refractivity (Wildman–Crippen MR) is 105 cm³/mol. The van der Waals surface area contributed by atoms with E-state index in [-0.39, 0.29) is 18.8 Å².